The minimum Gasteiger partial charge on any atom is -0.508 e. The van der Waals surface area contributed by atoms with E-state index in [1.165, 1.54) is 0 Å². The van der Waals surface area contributed by atoms with Crippen LogP contribution in [0, 0.1) is 13.8 Å². The number of carbonyl (C=O) groups is 1. The number of rotatable bonds is 2. The second-order valence-electron chi connectivity index (χ2n) is 5.43. The summed E-state index contributed by atoms with van der Waals surface area (Å²) in [6.45, 7) is 3.97. The molecule has 2 aromatic carbocycles. The van der Waals surface area contributed by atoms with E-state index in [9.17, 15) is 9.90 Å². The molecule has 2 aromatic rings. The van der Waals surface area contributed by atoms with Gasteiger partial charge in [0.25, 0.3) is 5.91 Å². The summed E-state index contributed by atoms with van der Waals surface area (Å²) in [6, 6.07) is 9.18. The van der Waals surface area contributed by atoms with Gasteiger partial charge in [0.2, 0.25) is 0 Å². The number of anilines is 1. The van der Waals surface area contributed by atoms with Crippen LogP contribution in [0.15, 0.2) is 30.3 Å². The number of ether oxygens (including phenoxy) is 1. The molecule has 0 bridgehead atoms. The number of nitrogens with one attached hydrogen (secondary N) is 1. The lowest BCUT2D eigenvalue weighted by Gasteiger charge is -2.20. The molecule has 0 atom stereocenters. The van der Waals surface area contributed by atoms with Crippen LogP contribution >= 0.6 is 0 Å². The fourth-order valence-corrected chi connectivity index (χ4v) is 2.54. The predicted molar refractivity (Wildman–Crippen MR) is 87.1 cm³/mol. The SMILES string of the molecule is Cc1cc(O)ccc1/C=C/c1cc(C)c2c(c1)NC(=O)CO2. The van der Waals surface area contributed by atoms with E-state index in [0.29, 0.717) is 5.69 Å². The van der Waals surface area contributed by atoms with Crippen molar-refractivity contribution in [1.82, 2.24) is 0 Å². The molecule has 112 valence electrons. The van der Waals surface area contributed by atoms with Crippen LogP contribution < -0.4 is 10.1 Å². The Morgan fingerprint density at radius 3 is 2.73 bits per heavy atom. The van der Waals surface area contributed by atoms with Gasteiger partial charge in [-0.1, -0.05) is 18.2 Å². The van der Waals surface area contributed by atoms with E-state index >= 15 is 0 Å². The van der Waals surface area contributed by atoms with Gasteiger partial charge in [-0.3, -0.25) is 4.79 Å². The summed E-state index contributed by atoms with van der Waals surface area (Å²) in [5.74, 6) is 0.860. The summed E-state index contributed by atoms with van der Waals surface area (Å²) in [5.41, 5.74) is 4.71. The maximum absolute atomic E-state index is 11.4. The lowest BCUT2D eigenvalue weighted by Crippen LogP contribution is -2.25. The largest absolute Gasteiger partial charge is 0.508 e. The van der Waals surface area contributed by atoms with Crippen molar-refractivity contribution in [2.75, 3.05) is 11.9 Å². The van der Waals surface area contributed by atoms with Crippen molar-refractivity contribution in [3.8, 4) is 11.5 Å². The van der Waals surface area contributed by atoms with Crippen LogP contribution in [0.3, 0.4) is 0 Å². The molecule has 0 aliphatic carbocycles. The molecular weight excluding hydrogens is 278 g/mol. The highest BCUT2D eigenvalue weighted by atomic mass is 16.5. The van der Waals surface area contributed by atoms with Crippen LogP contribution in [0.5, 0.6) is 11.5 Å². The molecule has 4 nitrogen and oxygen atoms in total. The minimum atomic E-state index is -0.137. The standard InChI is InChI=1S/C18H17NO3/c1-11-8-15(20)6-5-14(11)4-3-13-7-12(2)18-16(9-13)19-17(21)10-22-18/h3-9,20H,10H2,1-2H3,(H,19,21)/b4-3+. The van der Waals surface area contributed by atoms with Gasteiger partial charge in [-0.05, 0) is 60.4 Å². The number of phenolic OH excluding ortho intramolecular Hbond substituents is 1. The number of carbonyl (C=O) groups excluding carboxylic acids is 1. The highest BCUT2D eigenvalue weighted by Gasteiger charge is 2.18. The monoisotopic (exact) mass is 295 g/mol. The first-order chi connectivity index (χ1) is 10.5. The zero-order valence-electron chi connectivity index (χ0n) is 12.5. The Bertz CT molecular complexity index is 778. The molecule has 2 N–H and O–H groups in total. The number of amides is 1. The van der Waals surface area contributed by atoms with Crippen LogP contribution in [0.25, 0.3) is 12.2 Å². The fourth-order valence-electron chi connectivity index (χ4n) is 2.54. The van der Waals surface area contributed by atoms with Gasteiger partial charge >= 0.3 is 0 Å². The van der Waals surface area contributed by atoms with Gasteiger partial charge in [-0.25, -0.2) is 0 Å². The Hall–Kier alpha value is -2.75. The molecule has 0 saturated carbocycles. The van der Waals surface area contributed by atoms with Crippen molar-refractivity contribution in [2.24, 2.45) is 0 Å². The van der Waals surface area contributed by atoms with E-state index in [4.69, 9.17) is 4.74 Å². The van der Waals surface area contributed by atoms with E-state index < -0.39 is 0 Å². The summed E-state index contributed by atoms with van der Waals surface area (Å²) in [7, 11) is 0. The summed E-state index contributed by atoms with van der Waals surface area (Å²) in [6.07, 6.45) is 3.97. The third-order valence-electron chi connectivity index (χ3n) is 3.63. The molecular formula is C18H17NO3. The number of hydrogen-bond acceptors (Lipinski definition) is 3. The lowest BCUT2D eigenvalue weighted by atomic mass is 10.0. The van der Waals surface area contributed by atoms with E-state index in [1.54, 1.807) is 12.1 Å². The Morgan fingerprint density at radius 1 is 1.14 bits per heavy atom. The zero-order chi connectivity index (χ0) is 15.7. The molecule has 1 heterocycles. The number of phenols is 1. The van der Waals surface area contributed by atoms with Gasteiger partial charge < -0.3 is 15.2 Å². The molecule has 0 saturated heterocycles. The van der Waals surface area contributed by atoms with Crippen molar-refractivity contribution >= 4 is 23.7 Å². The van der Waals surface area contributed by atoms with Gasteiger partial charge in [0, 0.05) is 0 Å². The maximum Gasteiger partial charge on any atom is 0.262 e. The highest BCUT2D eigenvalue weighted by Crippen LogP contribution is 2.33. The lowest BCUT2D eigenvalue weighted by molar-refractivity contribution is -0.118. The van der Waals surface area contributed by atoms with Crippen LogP contribution in [0.2, 0.25) is 0 Å². The van der Waals surface area contributed by atoms with Crippen molar-refractivity contribution in [1.29, 1.82) is 0 Å². The van der Waals surface area contributed by atoms with E-state index in [2.05, 4.69) is 5.32 Å². The minimum absolute atomic E-state index is 0.0652. The molecule has 0 fully saturated rings. The Morgan fingerprint density at radius 2 is 1.95 bits per heavy atom. The first-order valence-electron chi connectivity index (χ1n) is 7.08. The van der Waals surface area contributed by atoms with Gasteiger partial charge in [-0.15, -0.1) is 0 Å². The molecule has 22 heavy (non-hydrogen) atoms. The van der Waals surface area contributed by atoms with Gasteiger partial charge in [0.15, 0.2) is 6.61 Å². The summed E-state index contributed by atoms with van der Waals surface area (Å²) in [4.78, 5) is 11.4. The molecule has 1 aliphatic heterocycles. The molecule has 4 heteroatoms. The average Bonchev–Trinajstić information content (AvgIpc) is 2.46. The predicted octanol–water partition coefficient (Wildman–Crippen LogP) is 3.51. The van der Waals surface area contributed by atoms with Crippen molar-refractivity contribution in [3.05, 3.63) is 52.6 Å². The fraction of sp³-hybridized carbons (Fsp3) is 0.167. The number of aromatic hydroxyl groups is 1. The number of fused-ring (bicyclic) bond motifs is 1. The van der Waals surface area contributed by atoms with Gasteiger partial charge in [0.05, 0.1) is 5.69 Å². The number of hydrogen-bond donors (Lipinski definition) is 2. The normalized spacial score (nSPS) is 13.6. The summed E-state index contributed by atoms with van der Waals surface area (Å²) >= 11 is 0. The number of aryl methyl sites for hydroxylation is 2. The second-order valence-corrected chi connectivity index (χ2v) is 5.43. The van der Waals surface area contributed by atoms with E-state index in [0.717, 1.165) is 28.0 Å². The van der Waals surface area contributed by atoms with Crippen molar-refractivity contribution in [2.45, 2.75) is 13.8 Å². The smallest absolute Gasteiger partial charge is 0.262 e. The van der Waals surface area contributed by atoms with E-state index in [-0.39, 0.29) is 18.3 Å². The average molecular weight is 295 g/mol. The zero-order valence-corrected chi connectivity index (χ0v) is 12.5. The van der Waals surface area contributed by atoms with Crippen LogP contribution in [-0.2, 0) is 4.79 Å². The molecule has 0 unspecified atom stereocenters. The highest BCUT2D eigenvalue weighted by molar-refractivity contribution is 5.96. The van der Waals surface area contributed by atoms with Crippen LogP contribution in [0.4, 0.5) is 5.69 Å². The Balaban J connectivity index is 1.92. The molecule has 1 aliphatic rings. The van der Waals surface area contributed by atoms with Gasteiger partial charge in [0.1, 0.15) is 11.5 Å². The van der Waals surface area contributed by atoms with Crippen LogP contribution in [-0.4, -0.2) is 17.6 Å². The Kier molecular flexibility index (Phi) is 3.59. The quantitative estimate of drug-likeness (QED) is 0.834. The first kappa shape index (κ1) is 14.2. The van der Waals surface area contributed by atoms with Crippen LogP contribution in [0.1, 0.15) is 22.3 Å². The molecule has 0 radical (unpaired) electrons. The molecule has 1 amide bonds. The molecule has 0 spiro atoms. The Labute approximate surface area is 129 Å². The maximum atomic E-state index is 11.4. The molecule has 0 aromatic heterocycles. The topological polar surface area (TPSA) is 58.6 Å². The first-order valence-corrected chi connectivity index (χ1v) is 7.08. The second kappa shape index (κ2) is 5.56. The third-order valence-corrected chi connectivity index (χ3v) is 3.63. The van der Waals surface area contributed by atoms with Crippen molar-refractivity contribution < 1.29 is 14.6 Å². The van der Waals surface area contributed by atoms with E-state index in [1.807, 2.05) is 44.2 Å². The number of benzene rings is 2. The third kappa shape index (κ3) is 2.81. The summed E-state index contributed by atoms with van der Waals surface area (Å²) in [5, 5.41) is 12.3. The van der Waals surface area contributed by atoms with Crippen molar-refractivity contribution in [3.63, 3.8) is 0 Å². The summed E-state index contributed by atoms with van der Waals surface area (Å²) < 4.78 is 5.45. The van der Waals surface area contributed by atoms with Gasteiger partial charge in [-0.2, -0.15) is 0 Å². The molecule has 3 rings (SSSR count).